The molecule has 27 heavy (non-hydrogen) atoms. The predicted molar refractivity (Wildman–Crippen MR) is 107 cm³/mol. The van der Waals surface area contributed by atoms with Crippen molar-refractivity contribution in [3.8, 4) is 11.3 Å². The van der Waals surface area contributed by atoms with Crippen molar-refractivity contribution in [2.75, 3.05) is 0 Å². The largest absolute Gasteiger partial charge is 0.293 e. The van der Waals surface area contributed by atoms with Gasteiger partial charge in [0.1, 0.15) is 0 Å². The van der Waals surface area contributed by atoms with E-state index in [1.165, 1.54) is 6.07 Å². The Balaban J connectivity index is 1.96. The molecule has 0 radical (unpaired) electrons. The van der Waals surface area contributed by atoms with Crippen LogP contribution in [0.1, 0.15) is 16.1 Å². The normalized spacial score (nSPS) is 11.1. The number of hydrogen-bond donors (Lipinski definition) is 1. The molecule has 0 aliphatic heterocycles. The quantitative estimate of drug-likeness (QED) is 0.533. The number of nitrogens with zero attached hydrogens (tertiary/aromatic N) is 2. The number of pyridine rings is 1. The van der Waals surface area contributed by atoms with Crippen molar-refractivity contribution >= 4 is 40.0 Å². The molecule has 4 rings (SSSR count). The third-order valence-corrected chi connectivity index (χ3v) is 4.95. The van der Waals surface area contributed by atoms with Crippen molar-refractivity contribution in [3.63, 3.8) is 0 Å². The summed E-state index contributed by atoms with van der Waals surface area (Å²) in [6.45, 7) is 1.72. The number of aromatic amines is 1. The van der Waals surface area contributed by atoms with E-state index in [0.717, 1.165) is 10.2 Å². The van der Waals surface area contributed by atoms with Gasteiger partial charge in [-0.15, -0.1) is 0 Å². The maximum atomic E-state index is 13.1. The Bertz CT molecular complexity index is 1260. The summed E-state index contributed by atoms with van der Waals surface area (Å²) < 4.78 is 0.996. The van der Waals surface area contributed by atoms with Gasteiger partial charge in [-0.3, -0.25) is 14.7 Å². The summed E-state index contributed by atoms with van der Waals surface area (Å²) in [5.41, 5.74) is 2.49. The first-order chi connectivity index (χ1) is 12.9. The second-order valence-corrected chi connectivity index (χ2v) is 6.93. The molecule has 0 atom stereocenters. The summed E-state index contributed by atoms with van der Waals surface area (Å²) in [7, 11) is 0. The topological polar surface area (TPSA) is 67.8 Å². The van der Waals surface area contributed by atoms with Crippen molar-refractivity contribution in [2.24, 2.45) is 0 Å². The van der Waals surface area contributed by atoms with Gasteiger partial charge in [0.2, 0.25) is 0 Å². The Morgan fingerprint density at radius 2 is 1.81 bits per heavy atom. The maximum absolute atomic E-state index is 13.1. The van der Waals surface area contributed by atoms with Gasteiger partial charge in [0.15, 0.2) is 0 Å². The molecule has 0 spiro atoms. The van der Waals surface area contributed by atoms with Crippen molar-refractivity contribution in [1.29, 1.82) is 0 Å². The van der Waals surface area contributed by atoms with Crippen LogP contribution in [0.15, 0.2) is 59.4 Å². The van der Waals surface area contributed by atoms with Gasteiger partial charge in [-0.25, -0.2) is 4.98 Å². The predicted octanol–water partition coefficient (Wildman–Crippen LogP) is 4.70. The van der Waals surface area contributed by atoms with Crippen LogP contribution in [0.5, 0.6) is 0 Å². The van der Waals surface area contributed by atoms with Gasteiger partial charge >= 0.3 is 0 Å². The molecule has 0 aliphatic carbocycles. The number of aryl methyl sites for hydroxylation is 1. The number of carbonyl (C=O) groups excluding carboxylic acids is 1. The molecule has 0 unspecified atom stereocenters. The van der Waals surface area contributed by atoms with Crippen LogP contribution in [0.25, 0.3) is 22.2 Å². The Hall–Kier alpha value is -2.89. The summed E-state index contributed by atoms with van der Waals surface area (Å²) in [4.78, 5) is 29.8. The molecule has 0 saturated heterocycles. The standard InChI is InChI=1S/C20H13Cl2N3O2/c1-11-8-19(26)25(24-11)20(27)14-10-18(12-6-7-15(21)16(22)9-12)23-17-5-3-2-4-13(14)17/h2-10,24H,1H3. The minimum absolute atomic E-state index is 0.366. The van der Waals surface area contributed by atoms with E-state index in [0.29, 0.717) is 37.9 Å². The fourth-order valence-corrected chi connectivity index (χ4v) is 3.24. The Labute approximate surface area is 164 Å². The molecular weight excluding hydrogens is 385 g/mol. The van der Waals surface area contributed by atoms with Gasteiger partial charge in [0.25, 0.3) is 11.5 Å². The first-order valence-corrected chi connectivity index (χ1v) is 8.88. The Morgan fingerprint density at radius 3 is 2.52 bits per heavy atom. The number of para-hydroxylation sites is 1. The zero-order valence-corrected chi connectivity index (χ0v) is 15.7. The smallest absolute Gasteiger partial charge is 0.280 e. The number of nitrogens with one attached hydrogen (secondary N) is 1. The van der Waals surface area contributed by atoms with E-state index in [4.69, 9.17) is 23.2 Å². The molecule has 2 heterocycles. The number of rotatable bonds is 2. The molecule has 0 fully saturated rings. The highest BCUT2D eigenvalue weighted by Crippen LogP contribution is 2.30. The minimum Gasteiger partial charge on any atom is -0.293 e. The first-order valence-electron chi connectivity index (χ1n) is 8.12. The lowest BCUT2D eigenvalue weighted by atomic mass is 10.0. The van der Waals surface area contributed by atoms with E-state index in [1.807, 2.05) is 18.2 Å². The van der Waals surface area contributed by atoms with Gasteiger partial charge in [-0.1, -0.05) is 47.5 Å². The lowest BCUT2D eigenvalue weighted by Gasteiger charge is -2.10. The van der Waals surface area contributed by atoms with Crippen molar-refractivity contribution in [3.05, 3.63) is 86.3 Å². The number of carbonyl (C=O) groups is 1. The lowest BCUT2D eigenvalue weighted by Crippen LogP contribution is -2.25. The number of H-pyrrole nitrogens is 1. The fourth-order valence-electron chi connectivity index (χ4n) is 2.94. The van der Waals surface area contributed by atoms with Gasteiger partial charge in [-0.05, 0) is 31.2 Å². The molecule has 134 valence electrons. The zero-order chi connectivity index (χ0) is 19.1. The molecule has 5 nitrogen and oxygen atoms in total. The number of benzene rings is 2. The van der Waals surface area contributed by atoms with Gasteiger partial charge in [-0.2, -0.15) is 4.68 Å². The van der Waals surface area contributed by atoms with Crippen LogP contribution >= 0.6 is 23.2 Å². The number of halogens is 2. The zero-order valence-electron chi connectivity index (χ0n) is 14.2. The molecule has 2 aromatic heterocycles. The minimum atomic E-state index is -0.451. The Morgan fingerprint density at radius 1 is 1.04 bits per heavy atom. The van der Waals surface area contributed by atoms with E-state index in [1.54, 1.807) is 37.3 Å². The molecule has 7 heteroatoms. The van der Waals surface area contributed by atoms with Crippen LogP contribution in [0.3, 0.4) is 0 Å². The molecule has 2 aromatic carbocycles. The highest BCUT2D eigenvalue weighted by atomic mass is 35.5. The summed E-state index contributed by atoms with van der Waals surface area (Å²) >= 11 is 12.1. The van der Waals surface area contributed by atoms with E-state index >= 15 is 0 Å². The number of aromatic nitrogens is 3. The summed E-state index contributed by atoms with van der Waals surface area (Å²) in [5, 5.41) is 4.27. The van der Waals surface area contributed by atoms with E-state index < -0.39 is 11.5 Å². The second-order valence-electron chi connectivity index (χ2n) is 6.12. The van der Waals surface area contributed by atoms with E-state index in [2.05, 4.69) is 10.1 Å². The molecular formula is C20H13Cl2N3O2. The molecule has 1 N–H and O–H groups in total. The van der Waals surface area contributed by atoms with Gasteiger partial charge in [0, 0.05) is 22.7 Å². The third-order valence-electron chi connectivity index (χ3n) is 4.21. The average Bonchev–Trinajstić information content (AvgIpc) is 3.00. The second kappa shape index (κ2) is 6.68. The van der Waals surface area contributed by atoms with Crippen LogP contribution in [0, 0.1) is 6.92 Å². The Kier molecular flexibility index (Phi) is 4.34. The summed E-state index contributed by atoms with van der Waals surface area (Å²) in [6, 6.07) is 15.5. The highest BCUT2D eigenvalue weighted by Gasteiger charge is 2.18. The van der Waals surface area contributed by atoms with Gasteiger partial charge in [0.05, 0.1) is 26.8 Å². The van der Waals surface area contributed by atoms with E-state index in [-0.39, 0.29) is 0 Å². The molecule has 0 bridgehead atoms. The number of hydrogen-bond acceptors (Lipinski definition) is 3. The van der Waals surface area contributed by atoms with Crippen molar-refractivity contribution in [1.82, 2.24) is 14.8 Å². The molecule has 0 aliphatic rings. The molecule has 0 amide bonds. The summed E-state index contributed by atoms with van der Waals surface area (Å²) in [6.07, 6.45) is 0. The van der Waals surface area contributed by atoms with Crippen LogP contribution < -0.4 is 5.56 Å². The van der Waals surface area contributed by atoms with Crippen molar-refractivity contribution < 1.29 is 4.79 Å². The van der Waals surface area contributed by atoms with Crippen LogP contribution in [0.2, 0.25) is 10.0 Å². The first kappa shape index (κ1) is 17.5. The monoisotopic (exact) mass is 397 g/mol. The maximum Gasteiger partial charge on any atom is 0.280 e. The third kappa shape index (κ3) is 3.16. The van der Waals surface area contributed by atoms with Gasteiger partial charge < -0.3 is 0 Å². The van der Waals surface area contributed by atoms with E-state index in [9.17, 15) is 9.59 Å². The highest BCUT2D eigenvalue weighted by molar-refractivity contribution is 6.42. The van der Waals surface area contributed by atoms with Crippen molar-refractivity contribution in [2.45, 2.75) is 6.92 Å². The summed E-state index contributed by atoms with van der Waals surface area (Å²) in [5.74, 6) is -0.451. The van der Waals surface area contributed by atoms with Crippen LogP contribution in [-0.2, 0) is 0 Å². The average molecular weight is 398 g/mol. The lowest BCUT2D eigenvalue weighted by molar-refractivity contribution is 0.0942. The number of fused-ring (bicyclic) bond motifs is 1. The molecule has 0 saturated carbocycles. The molecule has 4 aromatic rings. The SMILES string of the molecule is Cc1cc(=O)n(C(=O)c2cc(-c3ccc(Cl)c(Cl)c3)nc3ccccc23)[nH]1. The van der Waals surface area contributed by atoms with Crippen LogP contribution in [0.4, 0.5) is 0 Å². The van der Waals surface area contributed by atoms with Crippen LogP contribution in [-0.4, -0.2) is 20.7 Å². The fraction of sp³-hybridized carbons (Fsp3) is 0.0500.